The third-order valence-electron chi connectivity index (χ3n) is 3.80. The van der Waals surface area contributed by atoms with Crippen LogP contribution in [0.5, 0.6) is 0 Å². The molecular weight excluding hydrogens is 238 g/mol. The van der Waals surface area contributed by atoms with Crippen LogP contribution in [0.1, 0.15) is 44.5 Å². The van der Waals surface area contributed by atoms with Crippen molar-refractivity contribution in [2.24, 2.45) is 0 Å². The molecule has 4 nitrogen and oxygen atoms in total. The Morgan fingerprint density at radius 2 is 1.95 bits per heavy atom. The van der Waals surface area contributed by atoms with E-state index in [0.29, 0.717) is 12.1 Å². The van der Waals surface area contributed by atoms with Crippen LogP contribution in [0, 0.1) is 0 Å². The van der Waals surface area contributed by atoms with E-state index in [1.165, 1.54) is 12.0 Å². The second kappa shape index (κ2) is 4.68. The molecule has 2 aromatic rings. The molecule has 4 heteroatoms. The summed E-state index contributed by atoms with van der Waals surface area (Å²) in [7, 11) is 0. The number of rotatable bonds is 4. The molecule has 0 unspecified atom stereocenters. The Labute approximate surface area is 113 Å². The molecule has 0 bridgehead atoms. The Morgan fingerprint density at radius 1 is 1.21 bits per heavy atom. The van der Waals surface area contributed by atoms with E-state index >= 15 is 0 Å². The lowest BCUT2D eigenvalue weighted by molar-refractivity contribution is 0.273. The van der Waals surface area contributed by atoms with E-state index in [2.05, 4.69) is 53.6 Å². The molecule has 100 valence electrons. The van der Waals surface area contributed by atoms with Gasteiger partial charge in [-0.25, -0.2) is 0 Å². The van der Waals surface area contributed by atoms with Gasteiger partial charge in [0.05, 0.1) is 5.41 Å². The second-order valence-electron chi connectivity index (χ2n) is 5.52. The highest BCUT2D eigenvalue weighted by molar-refractivity contribution is 5.37. The topological polar surface area (TPSA) is 51.0 Å². The van der Waals surface area contributed by atoms with Crippen molar-refractivity contribution < 1.29 is 4.52 Å². The number of benzene rings is 1. The molecule has 1 N–H and O–H groups in total. The first-order valence-corrected chi connectivity index (χ1v) is 6.87. The summed E-state index contributed by atoms with van der Waals surface area (Å²) < 4.78 is 5.31. The van der Waals surface area contributed by atoms with Crippen LogP contribution in [0.25, 0.3) is 0 Å². The van der Waals surface area contributed by atoms with E-state index in [1.54, 1.807) is 0 Å². The highest BCUT2D eigenvalue weighted by atomic mass is 16.5. The minimum atomic E-state index is -0.0400. The molecule has 1 saturated carbocycles. The molecule has 0 atom stereocenters. The van der Waals surface area contributed by atoms with Gasteiger partial charge in [-0.05, 0) is 32.3 Å². The van der Waals surface area contributed by atoms with Gasteiger partial charge in [-0.2, -0.15) is 4.98 Å². The van der Waals surface area contributed by atoms with Crippen LogP contribution in [0.3, 0.4) is 0 Å². The molecule has 0 amide bonds. The highest BCUT2D eigenvalue weighted by Gasteiger charge is 2.44. The van der Waals surface area contributed by atoms with Gasteiger partial charge in [0.15, 0.2) is 5.82 Å². The molecule has 1 aliphatic rings. The summed E-state index contributed by atoms with van der Waals surface area (Å²) in [6, 6.07) is 11.3. The van der Waals surface area contributed by atoms with E-state index in [4.69, 9.17) is 4.52 Å². The van der Waals surface area contributed by atoms with Crippen molar-refractivity contribution in [3.05, 3.63) is 41.7 Å². The molecule has 1 fully saturated rings. The van der Waals surface area contributed by atoms with Gasteiger partial charge in [-0.3, -0.25) is 0 Å². The third kappa shape index (κ3) is 2.11. The smallest absolute Gasteiger partial charge is 0.321 e. The SMILES string of the molecule is CC(C)Nc1nc(C2(c3ccccc3)CCC2)no1. The maximum absolute atomic E-state index is 5.31. The van der Waals surface area contributed by atoms with E-state index in [0.717, 1.165) is 18.7 Å². The quantitative estimate of drug-likeness (QED) is 0.912. The number of hydrogen-bond donors (Lipinski definition) is 1. The molecule has 1 aliphatic carbocycles. The predicted molar refractivity (Wildman–Crippen MR) is 74.1 cm³/mol. The van der Waals surface area contributed by atoms with E-state index in [-0.39, 0.29) is 5.41 Å². The zero-order valence-electron chi connectivity index (χ0n) is 11.4. The summed E-state index contributed by atoms with van der Waals surface area (Å²) in [5, 5.41) is 7.35. The van der Waals surface area contributed by atoms with Crippen LogP contribution in [0.4, 0.5) is 6.01 Å². The highest BCUT2D eigenvalue weighted by Crippen LogP contribution is 2.47. The molecule has 1 aromatic heterocycles. The Kier molecular flexibility index (Phi) is 3.01. The van der Waals surface area contributed by atoms with E-state index in [9.17, 15) is 0 Å². The lowest BCUT2D eigenvalue weighted by Crippen LogP contribution is -2.36. The first kappa shape index (κ1) is 12.2. The molecule has 19 heavy (non-hydrogen) atoms. The van der Waals surface area contributed by atoms with Gasteiger partial charge >= 0.3 is 6.01 Å². The van der Waals surface area contributed by atoms with Gasteiger partial charge < -0.3 is 9.84 Å². The van der Waals surface area contributed by atoms with Crippen LogP contribution in [-0.4, -0.2) is 16.2 Å². The van der Waals surface area contributed by atoms with Gasteiger partial charge in [-0.15, -0.1) is 0 Å². The summed E-state index contributed by atoms with van der Waals surface area (Å²) in [6.45, 7) is 4.11. The van der Waals surface area contributed by atoms with Crippen LogP contribution in [-0.2, 0) is 5.41 Å². The zero-order valence-corrected chi connectivity index (χ0v) is 11.4. The molecule has 0 saturated heterocycles. The van der Waals surface area contributed by atoms with E-state index in [1.807, 2.05) is 6.07 Å². The number of nitrogens with zero attached hydrogens (tertiary/aromatic N) is 2. The number of anilines is 1. The van der Waals surface area contributed by atoms with Crippen molar-refractivity contribution in [3.8, 4) is 0 Å². The first-order valence-electron chi connectivity index (χ1n) is 6.87. The van der Waals surface area contributed by atoms with Crippen LogP contribution < -0.4 is 5.32 Å². The molecular formula is C15H19N3O. The maximum atomic E-state index is 5.31. The maximum Gasteiger partial charge on any atom is 0.321 e. The summed E-state index contributed by atoms with van der Waals surface area (Å²) in [6.07, 6.45) is 3.41. The molecule has 1 aromatic carbocycles. The zero-order chi connectivity index (χ0) is 13.3. The largest absolute Gasteiger partial charge is 0.336 e. The van der Waals surface area contributed by atoms with Gasteiger partial charge in [0.25, 0.3) is 0 Å². The van der Waals surface area contributed by atoms with Crippen LogP contribution in [0.15, 0.2) is 34.9 Å². The Hall–Kier alpha value is -1.84. The molecule has 0 aliphatic heterocycles. The minimum absolute atomic E-state index is 0.0400. The van der Waals surface area contributed by atoms with Gasteiger partial charge in [0.2, 0.25) is 0 Å². The van der Waals surface area contributed by atoms with Gasteiger partial charge in [0.1, 0.15) is 0 Å². The molecule has 0 radical (unpaired) electrons. The fraction of sp³-hybridized carbons (Fsp3) is 0.467. The fourth-order valence-electron chi connectivity index (χ4n) is 2.65. The second-order valence-corrected chi connectivity index (χ2v) is 5.52. The normalized spacial score (nSPS) is 17.2. The fourth-order valence-corrected chi connectivity index (χ4v) is 2.65. The predicted octanol–water partition coefficient (Wildman–Crippen LogP) is 3.36. The third-order valence-corrected chi connectivity index (χ3v) is 3.80. The van der Waals surface area contributed by atoms with Crippen LogP contribution >= 0.6 is 0 Å². The molecule has 0 spiro atoms. The van der Waals surface area contributed by atoms with Crippen molar-refractivity contribution in [2.75, 3.05) is 5.32 Å². The Balaban J connectivity index is 1.92. The lowest BCUT2D eigenvalue weighted by atomic mass is 9.64. The average Bonchev–Trinajstić information content (AvgIpc) is 2.77. The van der Waals surface area contributed by atoms with Crippen molar-refractivity contribution in [1.29, 1.82) is 0 Å². The van der Waals surface area contributed by atoms with Crippen molar-refractivity contribution in [1.82, 2.24) is 10.1 Å². The van der Waals surface area contributed by atoms with Gasteiger partial charge in [0, 0.05) is 6.04 Å². The number of nitrogens with one attached hydrogen (secondary N) is 1. The summed E-state index contributed by atoms with van der Waals surface area (Å²) >= 11 is 0. The average molecular weight is 257 g/mol. The van der Waals surface area contributed by atoms with Crippen LogP contribution in [0.2, 0.25) is 0 Å². The Morgan fingerprint density at radius 3 is 2.53 bits per heavy atom. The monoisotopic (exact) mass is 257 g/mol. The minimum Gasteiger partial charge on any atom is -0.336 e. The molecule has 1 heterocycles. The Bertz CT molecular complexity index is 544. The summed E-state index contributed by atoms with van der Waals surface area (Å²) in [5.41, 5.74) is 1.25. The van der Waals surface area contributed by atoms with Crippen molar-refractivity contribution >= 4 is 6.01 Å². The lowest BCUT2D eigenvalue weighted by Gasteiger charge is -2.39. The van der Waals surface area contributed by atoms with Crippen molar-refractivity contribution in [3.63, 3.8) is 0 Å². The van der Waals surface area contributed by atoms with Crippen molar-refractivity contribution in [2.45, 2.75) is 44.6 Å². The molecule has 3 rings (SSSR count). The van der Waals surface area contributed by atoms with Gasteiger partial charge in [-0.1, -0.05) is 41.9 Å². The summed E-state index contributed by atoms with van der Waals surface area (Å²) in [5.74, 6) is 0.813. The summed E-state index contributed by atoms with van der Waals surface area (Å²) in [4.78, 5) is 4.53. The first-order chi connectivity index (χ1) is 9.21. The van der Waals surface area contributed by atoms with E-state index < -0.39 is 0 Å². The number of aromatic nitrogens is 2. The standard InChI is InChI=1S/C15H19N3O/c1-11(2)16-14-17-13(18-19-14)15(9-6-10-15)12-7-4-3-5-8-12/h3-5,7-8,11H,6,9-10H2,1-2H3,(H,16,17,18). The number of hydrogen-bond acceptors (Lipinski definition) is 4.